The second-order valence-corrected chi connectivity index (χ2v) is 8.29. The standard InChI is InChI=1S/C13H17BrFN7O3S/c1-7(6-18-26(2,17)24)19-13-11(20-25-21-13)12(16)22(23)8-3-4-10(15)9(14)5-8/h3-5,7,16,23H,6H2,1-2H3,(H,19,21)(H2,17,18,24). The van der Waals surface area contributed by atoms with Gasteiger partial charge < -0.3 is 5.32 Å². The van der Waals surface area contributed by atoms with Crippen LogP contribution in [-0.4, -0.2) is 44.4 Å². The Bertz CT molecular complexity index is 905. The summed E-state index contributed by atoms with van der Waals surface area (Å²) in [4.78, 5) is 0. The van der Waals surface area contributed by atoms with Crippen LogP contribution in [0, 0.1) is 16.0 Å². The summed E-state index contributed by atoms with van der Waals surface area (Å²) in [5, 5.41) is 28.9. The van der Waals surface area contributed by atoms with Gasteiger partial charge in [-0.2, -0.15) is 0 Å². The van der Waals surface area contributed by atoms with E-state index in [-0.39, 0.29) is 34.3 Å². The average Bonchev–Trinajstić information content (AvgIpc) is 3.01. The van der Waals surface area contributed by atoms with E-state index in [1.807, 2.05) is 0 Å². The van der Waals surface area contributed by atoms with Gasteiger partial charge in [-0.15, -0.1) is 0 Å². The number of nitrogens with zero attached hydrogens (tertiary/aromatic N) is 3. The molecule has 0 bridgehead atoms. The molecule has 1 aromatic heterocycles. The highest BCUT2D eigenvalue weighted by atomic mass is 79.9. The smallest absolute Gasteiger partial charge is 0.202 e. The van der Waals surface area contributed by atoms with Crippen LogP contribution in [0.25, 0.3) is 0 Å². The summed E-state index contributed by atoms with van der Waals surface area (Å²) in [5.74, 6) is -0.883. The number of rotatable bonds is 7. The molecule has 0 aliphatic rings. The zero-order valence-corrected chi connectivity index (χ0v) is 16.2. The number of anilines is 2. The first-order valence-electron chi connectivity index (χ1n) is 7.19. The van der Waals surface area contributed by atoms with Crippen LogP contribution in [0.5, 0.6) is 0 Å². The van der Waals surface area contributed by atoms with Gasteiger partial charge in [0, 0.05) is 18.8 Å². The molecule has 5 N–H and O–H groups in total. The quantitative estimate of drug-likeness (QED) is 0.246. The molecule has 0 saturated carbocycles. The molecule has 2 unspecified atom stereocenters. The van der Waals surface area contributed by atoms with Gasteiger partial charge >= 0.3 is 0 Å². The SMILES string of the molecule is CC(CNS(C)(=N)=O)Nc1nonc1C(=N)N(O)c1ccc(F)c(Br)c1. The van der Waals surface area contributed by atoms with Crippen molar-refractivity contribution in [3.05, 3.63) is 34.2 Å². The summed E-state index contributed by atoms with van der Waals surface area (Å²) in [7, 11) is -2.86. The normalized spacial score (nSPS) is 14.5. The largest absolute Gasteiger partial charge is 0.361 e. The Kier molecular flexibility index (Phi) is 6.28. The molecular formula is C13H17BrFN7O3S. The fourth-order valence-electron chi connectivity index (χ4n) is 1.85. The maximum Gasteiger partial charge on any atom is 0.202 e. The van der Waals surface area contributed by atoms with Crippen LogP contribution in [0.3, 0.4) is 0 Å². The van der Waals surface area contributed by atoms with E-state index in [0.29, 0.717) is 5.06 Å². The first-order valence-corrected chi connectivity index (χ1v) is 9.95. The van der Waals surface area contributed by atoms with Crippen LogP contribution in [-0.2, 0) is 9.92 Å². The van der Waals surface area contributed by atoms with Crippen molar-refractivity contribution in [2.24, 2.45) is 0 Å². The number of hydrogen-bond donors (Lipinski definition) is 5. The fraction of sp³-hybridized carbons (Fsp3) is 0.308. The lowest BCUT2D eigenvalue weighted by Gasteiger charge is -2.18. The van der Waals surface area contributed by atoms with E-state index in [1.165, 1.54) is 18.4 Å². The molecule has 1 aromatic carbocycles. The molecule has 26 heavy (non-hydrogen) atoms. The molecule has 0 spiro atoms. The number of aromatic nitrogens is 2. The summed E-state index contributed by atoms with van der Waals surface area (Å²) < 4.78 is 39.2. The molecule has 10 nitrogen and oxygen atoms in total. The predicted molar refractivity (Wildman–Crippen MR) is 97.4 cm³/mol. The molecule has 0 aliphatic heterocycles. The maximum absolute atomic E-state index is 13.3. The van der Waals surface area contributed by atoms with Gasteiger partial charge in [-0.3, -0.25) is 10.6 Å². The number of amidine groups is 1. The van der Waals surface area contributed by atoms with E-state index >= 15 is 0 Å². The van der Waals surface area contributed by atoms with Gasteiger partial charge in [0.05, 0.1) is 10.2 Å². The van der Waals surface area contributed by atoms with Gasteiger partial charge in [0.1, 0.15) is 15.7 Å². The van der Waals surface area contributed by atoms with Crippen molar-refractivity contribution in [1.29, 1.82) is 10.2 Å². The molecule has 2 rings (SSSR count). The molecule has 13 heteroatoms. The molecule has 2 atom stereocenters. The Labute approximate surface area is 157 Å². The third-order valence-corrected chi connectivity index (χ3v) is 4.45. The van der Waals surface area contributed by atoms with Crippen molar-refractivity contribution < 1.29 is 18.4 Å². The summed E-state index contributed by atoms with van der Waals surface area (Å²) in [6, 6.07) is 3.39. The Hall–Kier alpha value is -2.09. The Morgan fingerprint density at radius 1 is 1.54 bits per heavy atom. The molecule has 2 aromatic rings. The summed E-state index contributed by atoms with van der Waals surface area (Å²) in [6.45, 7) is 1.92. The van der Waals surface area contributed by atoms with E-state index in [4.69, 9.17) is 10.2 Å². The van der Waals surface area contributed by atoms with Crippen LogP contribution in [0.2, 0.25) is 0 Å². The lowest BCUT2D eigenvalue weighted by molar-refractivity contribution is 0.300. The van der Waals surface area contributed by atoms with E-state index in [2.05, 4.69) is 40.9 Å². The minimum absolute atomic E-state index is 0.0806. The van der Waals surface area contributed by atoms with Crippen LogP contribution in [0.15, 0.2) is 27.3 Å². The summed E-state index contributed by atoms with van der Waals surface area (Å²) in [5.41, 5.74) is 0.0507. The van der Waals surface area contributed by atoms with Crippen molar-refractivity contribution in [3.63, 3.8) is 0 Å². The minimum atomic E-state index is -2.86. The van der Waals surface area contributed by atoms with Crippen molar-refractivity contribution in [2.45, 2.75) is 13.0 Å². The van der Waals surface area contributed by atoms with Crippen LogP contribution >= 0.6 is 15.9 Å². The monoisotopic (exact) mass is 449 g/mol. The fourth-order valence-corrected chi connectivity index (χ4v) is 2.79. The van der Waals surface area contributed by atoms with Gasteiger partial charge in [-0.25, -0.2) is 27.8 Å². The lowest BCUT2D eigenvalue weighted by atomic mass is 10.2. The van der Waals surface area contributed by atoms with Gasteiger partial charge in [-0.05, 0) is 51.4 Å². The highest BCUT2D eigenvalue weighted by Gasteiger charge is 2.22. The second kappa shape index (κ2) is 8.07. The van der Waals surface area contributed by atoms with Crippen LogP contribution < -0.4 is 15.1 Å². The Morgan fingerprint density at radius 3 is 2.85 bits per heavy atom. The number of halogens is 2. The highest BCUT2D eigenvalue weighted by molar-refractivity contribution is 9.10. The molecule has 0 radical (unpaired) electrons. The third-order valence-electron chi connectivity index (χ3n) is 3.12. The highest BCUT2D eigenvalue weighted by Crippen LogP contribution is 2.24. The minimum Gasteiger partial charge on any atom is -0.361 e. The Balaban J connectivity index is 2.13. The zero-order valence-electron chi connectivity index (χ0n) is 13.8. The molecule has 142 valence electrons. The predicted octanol–water partition coefficient (Wildman–Crippen LogP) is 2.17. The van der Waals surface area contributed by atoms with Gasteiger partial charge in [0.25, 0.3) is 0 Å². The van der Waals surface area contributed by atoms with Gasteiger partial charge in [0.15, 0.2) is 11.5 Å². The topological polar surface area (TPSA) is 151 Å². The van der Waals surface area contributed by atoms with Crippen molar-refractivity contribution in [1.82, 2.24) is 15.0 Å². The maximum atomic E-state index is 13.3. The molecule has 0 fully saturated rings. The molecule has 0 amide bonds. The second-order valence-electron chi connectivity index (χ2n) is 5.46. The average molecular weight is 450 g/mol. The first kappa shape index (κ1) is 20.2. The van der Waals surface area contributed by atoms with E-state index < -0.39 is 21.6 Å². The molecular weight excluding hydrogens is 433 g/mol. The first-order chi connectivity index (χ1) is 12.1. The third kappa shape index (κ3) is 5.20. The number of hydroxylamine groups is 1. The molecule has 0 saturated heterocycles. The van der Waals surface area contributed by atoms with E-state index in [9.17, 15) is 13.8 Å². The van der Waals surface area contributed by atoms with Crippen molar-refractivity contribution in [3.8, 4) is 0 Å². The van der Waals surface area contributed by atoms with Crippen molar-refractivity contribution in [2.75, 3.05) is 23.2 Å². The number of nitrogens with one attached hydrogen (secondary N) is 4. The van der Waals surface area contributed by atoms with Crippen LogP contribution in [0.1, 0.15) is 12.6 Å². The zero-order chi connectivity index (χ0) is 19.5. The van der Waals surface area contributed by atoms with E-state index in [0.717, 1.165) is 6.07 Å². The van der Waals surface area contributed by atoms with Crippen LogP contribution in [0.4, 0.5) is 15.9 Å². The summed E-state index contributed by atoms with van der Waals surface area (Å²) in [6.07, 6.45) is 1.25. The number of hydrogen-bond acceptors (Lipinski definition) is 8. The van der Waals surface area contributed by atoms with E-state index in [1.54, 1.807) is 6.92 Å². The lowest BCUT2D eigenvalue weighted by Crippen LogP contribution is -2.34. The Morgan fingerprint density at radius 2 is 2.23 bits per heavy atom. The van der Waals surface area contributed by atoms with Gasteiger partial charge in [0.2, 0.25) is 5.82 Å². The molecule has 0 aliphatic carbocycles. The molecule has 1 heterocycles. The number of benzene rings is 1. The van der Waals surface area contributed by atoms with Crippen molar-refractivity contribution >= 4 is 43.2 Å². The van der Waals surface area contributed by atoms with Gasteiger partial charge in [-0.1, -0.05) is 0 Å². The summed E-state index contributed by atoms with van der Waals surface area (Å²) >= 11 is 3.00.